The number of para-hydroxylation sites is 1. The van der Waals surface area contributed by atoms with Gasteiger partial charge in [-0.25, -0.2) is 4.79 Å². The summed E-state index contributed by atoms with van der Waals surface area (Å²) in [5.41, 5.74) is 1.27. The summed E-state index contributed by atoms with van der Waals surface area (Å²) in [6.45, 7) is 3.17. The molecule has 2 bridgehead atoms. The van der Waals surface area contributed by atoms with E-state index < -0.39 is 0 Å². The first-order chi connectivity index (χ1) is 9.81. The van der Waals surface area contributed by atoms with Crippen molar-refractivity contribution in [3.8, 4) is 0 Å². The van der Waals surface area contributed by atoms with Crippen molar-refractivity contribution < 1.29 is 13.9 Å². The number of rotatable bonds is 2. The minimum atomic E-state index is -0.256. The molecule has 0 N–H and O–H groups in total. The lowest BCUT2D eigenvalue weighted by atomic mass is 9.86. The highest BCUT2D eigenvalue weighted by atomic mass is 16.5. The fourth-order valence-corrected chi connectivity index (χ4v) is 3.38. The van der Waals surface area contributed by atoms with Gasteiger partial charge in [-0.2, -0.15) is 0 Å². The summed E-state index contributed by atoms with van der Waals surface area (Å²) >= 11 is 0. The Morgan fingerprint density at radius 1 is 1.25 bits per heavy atom. The molecule has 2 aromatic rings. The molecule has 3 aliphatic rings. The maximum Gasteiger partial charge on any atom is 0.342 e. The normalized spacial score (nSPS) is 28.7. The lowest BCUT2D eigenvalue weighted by Crippen LogP contribution is -2.51. The Balaban J connectivity index is 1.56. The van der Waals surface area contributed by atoms with Crippen molar-refractivity contribution in [1.82, 2.24) is 4.90 Å². The smallest absolute Gasteiger partial charge is 0.342 e. The lowest BCUT2D eigenvalue weighted by Gasteiger charge is -2.43. The molecule has 5 rings (SSSR count). The van der Waals surface area contributed by atoms with Gasteiger partial charge in [0, 0.05) is 11.9 Å². The third-order valence-corrected chi connectivity index (χ3v) is 4.56. The molecule has 0 amide bonds. The summed E-state index contributed by atoms with van der Waals surface area (Å²) in [5, 5.41) is 0.832. The van der Waals surface area contributed by atoms with Crippen LogP contribution in [-0.4, -0.2) is 36.6 Å². The number of hydrogen-bond donors (Lipinski definition) is 0. The van der Waals surface area contributed by atoms with Crippen LogP contribution in [0, 0.1) is 5.92 Å². The van der Waals surface area contributed by atoms with E-state index in [1.54, 1.807) is 0 Å². The van der Waals surface area contributed by atoms with E-state index >= 15 is 0 Å². The van der Waals surface area contributed by atoms with Crippen LogP contribution >= 0.6 is 0 Å². The molecule has 3 saturated heterocycles. The second kappa shape index (κ2) is 4.63. The van der Waals surface area contributed by atoms with Crippen LogP contribution in [0.1, 0.15) is 23.2 Å². The molecule has 20 heavy (non-hydrogen) atoms. The lowest BCUT2D eigenvalue weighted by molar-refractivity contribution is -0.0455. The average molecular weight is 271 g/mol. The van der Waals surface area contributed by atoms with E-state index in [2.05, 4.69) is 4.90 Å². The van der Waals surface area contributed by atoms with Gasteiger partial charge in [-0.05, 0) is 37.9 Å². The second-order valence-electron chi connectivity index (χ2n) is 5.73. The predicted octanol–water partition coefficient (Wildman–Crippen LogP) is 2.68. The number of esters is 1. The zero-order chi connectivity index (χ0) is 13.5. The van der Waals surface area contributed by atoms with Crippen molar-refractivity contribution in [3.63, 3.8) is 0 Å². The molecular weight excluding hydrogens is 254 g/mol. The van der Waals surface area contributed by atoms with Crippen LogP contribution in [0.4, 0.5) is 0 Å². The van der Waals surface area contributed by atoms with Gasteiger partial charge in [-0.15, -0.1) is 0 Å². The topological polar surface area (TPSA) is 42.7 Å². The van der Waals surface area contributed by atoms with E-state index in [0.717, 1.165) is 43.4 Å². The van der Waals surface area contributed by atoms with E-state index in [-0.39, 0.29) is 12.1 Å². The number of furan rings is 1. The molecule has 4 heterocycles. The number of ether oxygens (including phenoxy) is 1. The fourth-order valence-electron chi connectivity index (χ4n) is 3.38. The highest BCUT2D eigenvalue weighted by molar-refractivity contribution is 6.03. The molecule has 0 spiro atoms. The van der Waals surface area contributed by atoms with E-state index in [1.807, 2.05) is 24.3 Å². The van der Waals surface area contributed by atoms with Crippen LogP contribution in [0.2, 0.25) is 0 Å². The van der Waals surface area contributed by atoms with Crippen LogP contribution in [0.5, 0.6) is 0 Å². The standard InChI is InChI=1S/C16H17NO3/c18-16(13-10-19-14-4-2-1-3-12(13)14)20-15-9-17-7-5-11(15)6-8-17/h1-4,10-11,15H,5-9H2. The third kappa shape index (κ3) is 1.91. The largest absolute Gasteiger partial charge is 0.463 e. The van der Waals surface area contributed by atoms with Crippen LogP contribution in [0.15, 0.2) is 34.9 Å². The quantitative estimate of drug-likeness (QED) is 0.788. The Morgan fingerprint density at radius 3 is 2.80 bits per heavy atom. The number of carbonyl (C=O) groups is 1. The second-order valence-corrected chi connectivity index (χ2v) is 5.73. The molecule has 1 aromatic carbocycles. The molecule has 1 aromatic heterocycles. The highest BCUT2D eigenvalue weighted by Crippen LogP contribution is 2.31. The van der Waals surface area contributed by atoms with Crippen molar-refractivity contribution in [3.05, 3.63) is 36.1 Å². The SMILES string of the molecule is O=C(OC1CN2CCC1CC2)c1coc2ccccc12. The van der Waals surface area contributed by atoms with Crippen LogP contribution in [0.25, 0.3) is 11.0 Å². The number of benzene rings is 1. The minimum Gasteiger partial charge on any atom is -0.463 e. The number of piperidine rings is 3. The van der Waals surface area contributed by atoms with E-state index in [0.29, 0.717) is 11.5 Å². The molecule has 0 saturated carbocycles. The average Bonchev–Trinajstić information content (AvgIpc) is 2.92. The molecule has 1 atom stereocenters. The fraction of sp³-hybridized carbons (Fsp3) is 0.438. The summed E-state index contributed by atoms with van der Waals surface area (Å²) in [7, 11) is 0. The van der Waals surface area contributed by atoms with Crippen molar-refractivity contribution in [2.24, 2.45) is 5.92 Å². The molecular formula is C16H17NO3. The first-order valence-corrected chi connectivity index (χ1v) is 7.21. The van der Waals surface area contributed by atoms with Crippen molar-refractivity contribution in [1.29, 1.82) is 0 Å². The maximum absolute atomic E-state index is 12.4. The Kier molecular flexibility index (Phi) is 2.77. The first-order valence-electron chi connectivity index (χ1n) is 7.21. The minimum absolute atomic E-state index is 0.0404. The summed E-state index contributed by atoms with van der Waals surface area (Å²) in [6.07, 6.45) is 3.83. The van der Waals surface area contributed by atoms with Crippen LogP contribution in [0.3, 0.4) is 0 Å². The monoisotopic (exact) mass is 271 g/mol. The first kappa shape index (κ1) is 12.0. The molecule has 4 nitrogen and oxygen atoms in total. The van der Waals surface area contributed by atoms with E-state index in [4.69, 9.17) is 9.15 Å². The number of fused-ring (bicyclic) bond motifs is 4. The molecule has 3 aliphatic heterocycles. The zero-order valence-electron chi connectivity index (χ0n) is 11.2. The van der Waals surface area contributed by atoms with Crippen LogP contribution in [-0.2, 0) is 4.74 Å². The number of carbonyl (C=O) groups excluding carboxylic acids is 1. The Hall–Kier alpha value is -1.81. The van der Waals surface area contributed by atoms with Crippen LogP contribution < -0.4 is 0 Å². The molecule has 104 valence electrons. The number of nitrogens with zero attached hydrogens (tertiary/aromatic N) is 1. The molecule has 3 fully saturated rings. The predicted molar refractivity (Wildman–Crippen MR) is 74.6 cm³/mol. The van der Waals surface area contributed by atoms with Gasteiger partial charge in [0.2, 0.25) is 0 Å². The van der Waals surface area contributed by atoms with Gasteiger partial charge < -0.3 is 9.15 Å². The van der Waals surface area contributed by atoms with Gasteiger partial charge in [0.15, 0.2) is 0 Å². The maximum atomic E-state index is 12.4. The summed E-state index contributed by atoms with van der Waals surface area (Å²) in [4.78, 5) is 14.7. The summed E-state index contributed by atoms with van der Waals surface area (Å²) < 4.78 is 11.1. The van der Waals surface area contributed by atoms with Gasteiger partial charge >= 0.3 is 5.97 Å². The Morgan fingerprint density at radius 2 is 2.05 bits per heavy atom. The van der Waals surface area contributed by atoms with Gasteiger partial charge in [0.1, 0.15) is 23.5 Å². The Labute approximate surface area is 117 Å². The van der Waals surface area contributed by atoms with E-state index in [9.17, 15) is 4.79 Å². The van der Waals surface area contributed by atoms with Crippen molar-refractivity contribution in [2.45, 2.75) is 18.9 Å². The highest BCUT2D eigenvalue weighted by Gasteiger charge is 2.36. The van der Waals surface area contributed by atoms with Gasteiger partial charge in [-0.1, -0.05) is 18.2 Å². The third-order valence-electron chi connectivity index (χ3n) is 4.56. The van der Waals surface area contributed by atoms with Crippen molar-refractivity contribution in [2.75, 3.05) is 19.6 Å². The van der Waals surface area contributed by atoms with Gasteiger partial charge in [0.05, 0.1) is 0 Å². The Bertz CT molecular complexity index is 640. The number of hydrogen-bond acceptors (Lipinski definition) is 4. The van der Waals surface area contributed by atoms with Gasteiger partial charge in [-0.3, -0.25) is 4.90 Å². The summed E-state index contributed by atoms with van der Waals surface area (Å²) in [6, 6.07) is 7.56. The molecule has 1 unspecified atom stereocenters. The van der Waals surface area contributed by atoms with E-state index in [1.165, 1.54) is 6.26 Å². The van der Waals surface area contributed by atoms with Crippen molar-refractivity contribution >= 4 is 16.9 Å². The zero-order valence-corrected chi connectivity index (χ0v) is 11.2. The summed E-state index contributed by atoms with van der Waals surface area (Å²) in [5.74, 6) is 0.274. The molecule has 0 radical (unpaired) electrons. The molecule has 0 aliphatic carbocycles. The van der Waals surface area contributed by atoms with Gasteiger partial charge in [0.25, 0.3) is 0 Å². The molecule has 4 heteroatoms.